The van der Waals surface area contributed by atoms with Crippen molar-refractivity contribution in [3.05, 3.63) is 53.4 Å². The van der Waals surface area contributed by atoms with Gasteiger partial charge in [-0.3, -0.25) is 4.79 Å². The minimum atomic E-state index is -1.00. The predicted molar refractivity (Wildman–Crippen MR) is 75.3 cm³/mol. The molecule has 1 aromatic carbocycles. The lowest BCUT2D eigenvalue weighted by Crippen LogP contribution is -2.26. The van der Waals surface area contributed by atoms with Crippen LogP contribution in [0.5, 0.6) is 0 Å². The number of aromatic amines is 1. The molecule has 1 amide bonds. The van der Waals surface area contributed by atoms with Gasteiger partial charge in [-0.25, -0.2) is 4.79 Å². The maximum atomic E-state index is 12.0. The van der Waals surface area contributed by atoms with E-state index in [0.29, 0.717) is 6.54 Å². The molecule has 2 rings (SSSR count). The molecule has 2 N–H and O–H groups in total. The Morgan fingerprint density at radius 3 is 2.90 bits per heavy atom. The van der Waals surface area contributed by atoms with Crippen molar-refractivity contribution in [1.82, 2.24) is 20.3 Å². The summed E-state index contributed by atoms with van der Waals surface area (Å²) >= 11 is 0. The number of carboxylic acid groups (broad SMARTS) is 1. The highest BCUT2D eigenvalue weighted by Gasteiger charge is 2.14. The van der Waals surface area contributed by atoms with Crippen LogP contribution in [0.3, 0.4) is 0 Å². The van der Waals surface area contributed by atoms with E-state index in [1.807, 2.05) is 18.2 Å². The molecule has 7 nitrogen and oxygen atoms in total. The molecule has 0 saturated carbocycles. The maximum Gasteiger partial charge on any atom is 0.328 e. The Bertz CT molecular complexity index is 665. The zero-order valence-electron chi connectivity index (χ0n) is 11.4. The van der Waals surface area contributed by atoms with Gasteiger partial charge in [-0.15, -0.1) is 0 Å². The quantitative estimate of drug-likeness (QED) is 0.804. The van der Waals surface area contributed by atoms with Gasteiger partial charge in [0, 0.05) is 19.7 Å². The van der Waals surface area contributed by atoms with Gasteiger partial charge >= 0.3 is 5.97 Å². The van der Waals surface area contributed by atoms with Crippen LogP contribution in [0.4, 0.5) is 0 Å². The van der Waals surface area contributed by atoms with Gasteiger partial charge in [0.05, 0.1) is 6.20 Å². The van der Waals surface area contributed by atoms with Gasteiger partial charge in [-0.1, -0.05) is 18.2 Å². The van der Waals surface area contributed by atoms with Crippen molar-refractivity contribution in [2.45, 2.75) is 6.54 Å². The third-order valence-electron chi connectivity index (χ3n) is 2.77. The third-order valence-corrected chi connectivity index (χ3v) is 2.77. The molecule has 0 bridgehead atoms. The molecule has 0 spiro atoms. The standard InChI is InChI=1S/C14H14N4O3/c1-18(14(21)12-8-15-17-16-12)9-11-4-2-3-10(7-11)5-6-13(19)20/h2-8H,9H2,1H3,(H,19,20)(H,15,16,17)/b6-5+. The van der Waals surface area contributed by atoms with Crippen LogP contribution in [0, 0.1) is 0 Å². The smallest absolute Gasteiger partial charge is 0.328 e. The number of amides is 1. The molecule has 1 heterocycles. The molecule has 0 atom stereocenters. The molecule has 7 heteroatoms. The fraction of sp³-hybridized carbons (Fsp3) is 0.143. The van der Waals surface area contributed by atoms with Crippen LogP contribution in [-0.4, -0.2) is 44.3 Å². The van der Waals surface area contributed by atoms with Crippen LogP contribution < -0.4 is 0 Å². The van der Waals surface area contributed by atoms with Gasteiger partial charge in [-0.05, 0) is 23.3 Å². The number of carbonyl (C=O) groups excluding carboxylic acids is 1. The predicted octanol–water partition coefficient (Wildman–Crippen LogP) is 1.17. The Balaban J connectivity index is 2.07. The van der Waals surface area contributed by atoms with Crippen molar-refractivity contribution in [2.75, 3.05) is 7.05 Å². The third kappa shape index (κ3) is 4.00. The second-order valence-corrected chi connectivity index (χ2v) is 4.43. The number of H-pyrrole nitrogens is 1. The van der Waals surface area contributed by atoms with Gasteiger partial charge in [-0.2, -0.15) is 15.4 Å². The monoisotopic (exact) mass is 286 g/mol. The molecule has 21 heavy (non-hydrogen) atoms. The summed E-state index contributed by atoms with van der Waals surface area (Å²) in [5.41, 5.74) is 1.90. The highest BCUT2D eigenvalue weighted by Crippen LogP contribution is 2.10. The largest absolute Gasteiger partial charge is 0.478 e. The fourth-order valence-corrected chi connectivity index (χ4v) is 1.81. The lowest BCUT2D eigenvalue weighted by molar-refractivity contribution is -0.131. The Morgan fingerprint density at radius 1 is 1.43 bits per heavy atom. The van der Waals surface area contributed by atoms with E-state index >= 15 is 0 Å². The van der Waals surface area contributed by atoms with E-state index < -0.39 is 5.97 Å². The van der Waals surface area contributed by atoms with E-state index in [9.17, 15) is 9.59 Å². The molecule has 0 radical (unpaired) electrons. The number of carboxylic acids is 1. The SMILES string of the molecule is CN(Cc1cccc(/C=C/C(=O)O)c1)C(=O)c1cn[nH]n1. The lowest BCUT2D eigenvalue weighted by atomic mass is 10.1. The topological polar surface area (TPSA) is 99.2 Å². The molecular formula is C14H14N4O3. The van der Waals surface area contributed by atoms with Crippen molar-refractivity contribution in [3.63, 3.8) is 0 Å². The average molecular weight is 286 g/mol. The van der Waals surface area contributed by atoms with Crippen LogP contribution in [0.2, 0.25) is 0 Å². The van der Waals surface area contributed by atoms with Crippen LogP contribution in [0.15, 0.2) is 36.5 Å². The van der Waals surface area contributed by atoms with Crippen LogP contribution >= 0.6 is 0 Å². The normalized spacial score (nSPS) is 10.7. The average Bonchev–Trinajstić information content (AvgIpc) is 2.98. The van der Waals surface area contributed by atoms with Crippen molar-refractivity contribution in [1.29, 1.82) is 0 Å². The van der Waals surface area contributed by atoms with Crippen LogP contribution in [0.1, 0.15) is 21.6 Å². The first-order chi connectivity index (χ1) is 10.1. The Morgan fingerprint density at radius 2 is 2.24 bits per heavy atom. The number of benzene rings is 1. The number of aliphatic carboxylic acids is 1. The Hall–Kier alpha value is -2.96. The minimum absolute atomic E-state index is 0.241. The van der Waals surface area contributed by atoms with Crippen LogP contribution in [0.25, 0.3) is 6.08 Å². The van der Waals surface area contributed by atoms with E-state index in [4.69, 9.17) is 5.11 Å². The fourth-order valence-electron chi connectivity index (χ4n) is 1.81. The minimum Gasteiger partial charge on any atom is -0.478 e. The molecule has 2 aromatic rings. The molecule has 1 aromatic heterocycles. The van der Waals surface area contributed by atoms with Crippen molar-refractivity contribution in [2.24, 2.45) is 0 Å². The molecule has 0 aliphatic heterocycles. The molecule has 108 valence electrons. The summed E-state index contributed by atoms with van der Waals surface area (Å²) in [5.74, 6) is -1.24. The number of carbonyl (C=O) groups is 2. The number of aromatic nitrogens is 3. The molecular weight excluding hydrogens is 272 g/mol. The van der Waals surface area contributed by atoms with E-state index in [0.717, 1.165) is 17.2 Å². The lowest BCUT2D eigenvalue weighted by Gasteiger charge is -2.15. The van der Waals surface area contributed by atoms with Gasteiger partial charge in [0.15, 0.2) is 5.69 Å². The number of nitrogens with zero attached hydrogens (tertiary/aromatic N) is 3. The van der Waals surface area contributed by atoms with Crippen molar-refractivity contribution in [3.8, 4) is 0 Å². The van der Waals surface area contributed by atoms with Gasteiger partial charge < -0.3 is 10.0 Å². The Labute approximate surface area is 120 Å². The maximum absolute atomic E-state index is 12.0. The number of rotatable bonds is 5. The highest BCUT2D eigenvalue weighted by molar-refractivity contribution is 5.91. The second-order valence-electron chi connectivity index (χ2n) is 4.43. The number of hydrogen-bond acceptors (Lipinski definition) is 4. The summed E-state index contributed by atoms with van der Waals surface area (Å²) in [6.07, 6.45) is 3.94. The first kappa shape index (κ1) is 14.4. The van der Waals surface area contributed by atoms with E-state index in [1.54, 1.807) is 13.1 Å². The van der Waals surface area contributed by atoms with Gasteiger partial charge in [0.2, 0.25) is 0 Å². The van der Waals surface area contributed by atoms with Gasteiger partial charge in [0.1, 0.15) is 0 Å². The molecule has 0 aliphatic rings. The van der Waals surface area contributed by atoms with E-state index in [-0.39, 0.29) is 11.6 Å². The summed E-state index contributed by atoms with van der Waals surface area (Å²) in [7, 11) is 1.66. The zero-order valence-corrected chi connectivity index (χ0v) is 11.4. The second kappa shape index (κ2) is 6.47. The van der Waals surface area contributed by atoms with Crippen molar-refractivity contribution >= 4 is 18.0 Å². The Kier molecular flexibility index (Phi) is 4.45. The van der Waals surface area contributed by atoms with E-state index in [1.165, 1.54) is 17.2 Å². The van der Waals surface area contributed by atoms with E-state index in [2.05, 4.69) is 15.4 Å². The summed E-state index contributed by atoms with van der Waals surface area (Å²) in [4.78, 5) is 24.0. The first-order valence-corrected chi connectivity index (χ1v) is 6.17. The molecule has 0 saturated heterocycles. The highest BCUT2D eigenvalue weighted by atomic mass is 16.4. The van der Waals surface area contributed by atoms with Crippen molar-refractivity contribution < 1.29 is 14.7 Å². The summed E-state index contributed by atoms with van der Waals surface area (Å²) < 4.78 is 0. The first-order valence-electron chi connectivity index (χ1n) is 6.17. The zero-order chi connectivity index (χ0) is 15.2. The van der Waals surface area contributed by atoms with Crippen LogP contribution in [-0.2, 0) is 11.3 Å². The number of hydrogen-bond donors (Lipinski definition) is 2. The summed E-state index contributed by atoms with van der Waals surface area (Å²) in [5, 5.41) is 18.3. The summed E-state index contributed by atoms with van der Waals surface area (Å²) in [6.45, 7) is 0.389. The summed E-state index contributed by atoms with van der Waals surface area (Å²) in [6, 6.07) is 7.30. The molecule has 0 aliphatic carbocycles. The molecule has 0 unspecified atom stereocenters. The van der Waals surface area contributed by atoms with Gasteiger partial charge in [0.25, 0.3) is 5.91 Å². The molecule has 0 fully saturated rings. The number of nitrogens with one attached hydrogen (secondary N) is 1.